The van der Waals surface area contributed by atoms with Crippen molar-refractivity contribution in [3.63, 3.8) is 0 Å². The maximum absolute atomic E-state index is 11.3. The predicted molar refractivity (Wildman–Crippen MR) is 89.6 cm³/mol. The Kier molecular flexibility index (Phi) is 8.78. The molecule has 2 rings (SSSR count). The minimum Gasteiger partial charge on any atom is -0.482 e. The summed E-state index contributed by atoms with van der Waals surface area (Å²) in [6.45, 7) is 6.32. The molecule has 1 aliphatic heterocycles. The van der Waals surface area contributed by atoms with Gasteiger partial charge in [-0.25, -0.2) is 4.79 Å². The van der Waals surface area contributed by atoms with Gasteiger partial charge < -0.3 is 14.2 Å². The highest BCUT2D eigenvalue weighted by Crippen LogP contribution is 2.24. The molecular weight excluding hydrogens is 374 g/mol. The Bertz CT molecular complexity index is 481. The smallest absolute Gasteiger partial charge is 0.344 e. The second-order valence-electron chi connectivity index (χ2n) is 4.74. The third-order valence-corrected chi connectivity index (χ3v) is 3.95. The van der Waals surface area contributed by atoms with Gasteiger partial charge in [-0.15, -0.1) is 12.4 Å². The van der Waals surface area contributed by atoms with Gasteiger partial charge >= 0.3 is 5.97 Å². The van der Waals surface area contributed by atoms with Crippen molar-refractivity contribution in [1.29, 1.82) is 0 Å². The first-order valence-corrected chi connectivity index (χ1v) is 7.85. The fraction of sp³-hybridized carbons (Fsp3) is 0.533. The molecule has 0 atom stereocenters. The first-order chi connectivity index (χ1) is 10.2. The highest BCUT2D eigenvalue weighted by Gasteiger charge is 2.13. The average molecular weight is 395 g/mol. The zero-order chi connectivity index (χ0) is 15.1. The molecule has 1 aromatic carbocycles. The maximum Gasteiger partial charge on any atom is 0.344 e. The fourth-order valence-electron chi connectivity index (χ4n) is 2.11. The Morgan fingerprint density at radius 2 is 2.09 bits per heavy atom. The molecule has 124 valence electrons. The van der Waals surface area contributed by atoms with E-state index in [1.54, 1.807) is 6.92 Å². The lowest BCUT2D eigenvalue weighted by Crippen LogP contribution is -2.35. The van der Waals surface area contributed by atoms with Crippen LogP contribution < -0.4 is 4.74 Å². The van der Waals surface area contributed by atoms with Crippen molar-refractivity contribution in [2.45, 2.75) is 13.5 Å². The SMILES string of the molecule is CCOC(=O)COc1ccc(Br)c(CN2CCOCC2)c1.Cl. The zero-order valence-electron chi connectivity index (χ0n) is 12.5. The van der Waals surface area contributed by atoms with Crippen molar-refractivity contribution in [2.75, 3.05) is 39.5 Å². The highest BCUT2D eigenvalue weighted by atomic mass is 79.9. The van der Waals surface area contributed by atoms with Crippen LogP contribution in [-0.2, 0) is 20.8 Å². The quantitative estimate of drug-likeness (QED) is 0.694. The topological polar surface area (TPSA) is 48.0 Å². The van der Waals surface area contributed by atoms with E-state index in [-0.39, 0.29) is 25.0 Å². The number of hydrogen-bond donors (Lipinski definition) is 0. The molecule has 0 saturated carbocycles. The molecule has 1 fully saturated rings. The molecule has 0 N–H and O–H groups in total. The zero-order valence-corrected chi connectivity index (χ0v) is 15.0. The number of hydrogen-bond acceptors (Lipinski definition) is 5. The van der Waals surface area contributed by atoms with Crippen LogP contribution in [0.3, 0.4) is 0 Å². The summed E-state index contributed by atoms with van der Waals surface area (Å²) in [6.07, 6.45) is 0. The number of ether oxygens (including phenoxy) is 3. The van der Waals surface area contributed by atoms with Crippen LogP contribution in [0.15, 0.2) is 22.7 Å². The third kappa shape index (κ3) is 6.12. The van der Waals surface area contributed by atoms with Gasteiger partial charge in [-0.05, 0) is 30.7 Å². The van der Waals surface area contributed by atoms with Crippen LogP contribution in [0.4, 0.5) is 0 Å². The molecule has 1 heterocycles. The van der Waals surface area contributed by atoms with Gasteiger partial charge in [-0.3, -0.25) is 4.90 Å². The second-order valence-corrected chi connectivity index (χ2v) is 5.59. The maximum atomic E-state index is 11.3. The van der Waals surface area contributed by atoms with E-state index in [0.29, 0.717) is 12.4 Å². The first-order valence-electron chi connectivity index (χ1n) is 7.06. The van der Waals surface area contributed by atoms with Crippen molar-refractivity contribution >= 4 is 34.3 Å². The predicted octanol–water partition coefficient (Wildman–Crippen LogP) is 2.65. The minimum absolute atomic E-state index is 0. The Morgan fingerprint density at radius 3 is 2.77 bits per heavy atom. The molecule has 0 unspecified atom stereocenters. The summed E-state index contributed by atoms with van der Waals surface area (Å²) in [5, 5.41) is 0. The van der Waals surface area contributed by atoms with Crippen LogP contribution in [0.5, 0.6) is 5.75 Å². The summed E-state index contributed by atoms with van der Waals surface area (Å²) in [7, 11) is 0. The van der Waals surface area contributed by atoms with Gasteiger partial charge in [0, 0.05) is 24.1 Å². The van der Waals surface area contributed by atoms with Crippen molar-refractivity contribution < 1.29 is 19.0 Å². The number of nitrogens with zero attached hydrogens (tertiary/aromatic N) is 1. The Balaban J connectivity index is 0.00000242. The Morgan fingerprint density at radius 1 is 1.36 bits per heavy atom. The summed E-state index contributed by atoms with van der Waals surface area (Å²) in [5.74, 6) is 0.324. The van der Waals surface area contributed by atoms with E-state index in [1.165, 1.54) is 0 Å². The van der Waals surface area contributed by atoms with Gasteiger partial charge in [0.25, 0.3) is 0 Å². The number of morpholine rings is 1. The summed E-state index contributed by atoms with van der Waals surface area (Å²) in [6, 6.07) is 5.74. The summed E-state index contributed by atoms with van der Waals surface area (Å²) in [5.41, 5.74) is 1.14. The van der Waals surface area contributed by atoms with E-state index in [2.05, 4.69) is 20.8 Å². The van der Waals surface area contributed by atoms with E-state index in [9.17, 15) is 4.79 Å². The van der Waals surface area contributed by atoms with Crippen LogP contribution in [-0.4, -0.2) is 50.4 Å². The summed E-state index contributed by atoms with van der Waals surface area (Å²) >= 11 is 3.56. The molecule has 0 bridgehead atoms. The number of carbonyl (C=O) groups excluding carboxylic acids is 1. The molecule has 0 aromatic heterocycles. The lowest BCUT2D eigenvalue weighted by atomic mass is 10.2. The second kappa shape index (κ2) is 10.0. The number of esters is 1. The molecule has 0 spiro atoms. The van der Waals surface area contributed by atoms with Gasteiger partial charge in [-0.1, -0.05) is 15.9 Å². The third-order valence-electron chi connectivity index (χ3n) is 3.18. The average Bonchev–Trinajstić information content (AvgIpc) is 2.49. The number of halogens is 2. The Labute approximate surface area is 145 Å². The van der Waals surface area contributed by atoms with Crippen LogP contribution >= 0.6 is 28.3 Å². The van der Waals surface area contributed by atoms with Gasteiger partial charge in [0.05, 0.1) is 19.8 Å². The normalized spacial score (nSPS) is 15.0. The largest absolute Gasteiger partial charge is 0.482 e. The van der Waals surface area contributed by atoms with Crippen LogP contribution in [0.1, 0.15) is 12.5 Å². The molecule has 5 nitrogen and oxygen atoms in total. The van der Waals surface area contributed by atoms with E-state index in [0.717, 1.165) is 42.9 Å². The van der Waals surface area contributed by atoms with Crippen LogP contribution in [0.2, 0.25) is 0 Å². The standard InChI is InChI=1S/C15H20BrNO4.ClH/c1-2-20-15(18)11-21-13-3-4-14(16)12(9-13)10-17-5-7-19-8-6-17;/h3-4,9H,2,5-8,10-11H2,1H3;1H. The van der Waals surface area contributed by atoms with E-state index in [4.69, 9.17) is 14.2 Å². The monoisotopic (exact) mass is 393 g/mol. The molecule has 22 heavy (non-hydrogen) atoms. The van der Waals surface area contributed by atoms with Crippen molar-refractivity contribution in [3.05, 3.63) is 28.2 Å². The molecule has 7 heteroatoms. The Hall–Kier alpha value is -0.820. The van der Waals surface area contributed by atoms with Gasteiger partial charge in [-0.2, -0.15) is 0 Å². The van der Waals surface area contributed by atoms with Crippen molar-refractivity contribution in [3.8, 4) is 5.75 Å². The molecule has 0 amide bonds. The first kappa shape index (κ1) is 19.2. The van der Waals surface area contributed by atoms with Crippen molar-refractivity contribution in [1.82, 2.24) is 4.90 Å². The molecule has 1 aromatic rings. The van der Waals surface area contributed by atoms with Gasteiger partial charge in [0.2, 0.25) is 0 Å². The van der Waals surface area contributed by atoms with E-state index in [1.807, 2.05) is 18.2 Å². The van der Waals surface area contributed by atoms with Crippen molar-refractivity contribution in [2.24, 2.45) is 0 Å². The van der Waals surface area contributed by atoms with Gasteiger partial charge in [0.15, 0.2) is 6.61 Å². The van der Waals surface area contributed by atoms with Gasteiger partial charge in [0.1, 0.15) is 5.75 Å². The lowest BCUT2D eigenvalue weighted by Gasteiger charge is -2.27. The highest BCUT2D eigenvalue weighted by molar-refractivity contribution is 9.10. The molecule has 1 saturated heterocycles. The number of carbonyl (C=O) groups is 1. The minimum atomic E-state index is -0.352. The molecular formula is C15H21BrClNO4. The number of benzene rings is 1. The number of rotatable bonds is 6. The molecule has 0 aliphatic carbocycles. The summed E-state index contributed by atoms with van der Waals surface area (Å²) < 4.78 is 16.7. The molecule has 1 aliphatic rings. The molecule has 0 radical (unpaired) electrons. The van der Waals surface area contributed by atoms with Crippen LogP contribution in [0, 0.1) is 0 Å². The van der Waals surface area contributed by atoms with E-state index >= 15 is 0 Å². The lowest BCUT2D eigenvalue weighted by molar-refractivity contribution is -0.145. The van der Waals surface area contributed by atoms with E-state index < -0.39 is 0 Å². The summed E-state index contributed by atoms with van der Waals surface area (Å²) in [4.78, 5) is 13.6. The fourth-order valence-corrected chi connectivity index (χ4v) is 2.48. The van der Waals surface area contributed by atoms with Crippen LogP contribution in [0.25, 0.3) is 0 Å².